The molecule has 0 saturated carbocycles. The molecule has 1 saturated heterocycles. The first-order valence-electron chi connectivity index (χ1n) is 9.97. The largest absolute Gasteiger partial charge is 0.494 e. The van der Waals surface area contributed by atoms with Crippen molar-refractivity contribution in [2.75, 3.05) is 19.7 Å². The van der Waals surface area contributed by atoms with Crippen molar-refractivity contribution in [1.82, 2.24) is 15.5 Å². The lowest BCUT2D eigenvalue weighted by atomic mass is 10.0. The first-order chi connectivity index (χ1) is 14.1. The second-order valence-electron chi connectivity index (χ2n) is 7.08. The van der Waals surface area contributed by atoms with E-state index < -0.39 is 11.6 Å². The van der Waals surface area contributed by atoms with Crippen molar-refractivity contribution in [1.29, 1.82) is 0 Å². The van der Waals surface area contributed by atoms with Crippen molar-refractivity contribution in [3.05, 3.63) is 65.2 Å². The summed E-state index contributed by atoms with van der Waals surface area (Å²) in [5, 5.41) is 6.20. The molecule has 3 rings (SSSR count). The summed E-state index contributed by atoms with van der Waals surface area (Å²) in [6.45, 7) is 4.59. The van der Waals surface area contributed by atoms with Gasteiger partial charge < -0.3 is 20.3 Å². The molecule has 29 heavy (non-hydrogen) atoms. The van der Waals surface area contributed by atoms with Crippen molar-refractivity contribution >= 4 is 6.03 Å². The summed E-state index contributed by atoms with van der Waals surface area (Å²) in [5.41, 5.74) is 1.25. The second-order valence-corrected chi connectivity index (χ2v) is 7.08. The van der Waals surface area contributed by atoms with Crippen LogP contribution >= 0.6 is 0 Å². The number of ether oxygens (including phenoxy) is 1. The zero-order valence-corrected chi connectivity index (χ0v) is 16.6. The second kappa shape index (κ2) is 10.2. The van der Waals surface area contributed by atoms with Crippen LogP contribution in [0.15, 0.2) is 42.5 Å². The van der Waals surface area contributed by atoms with E-state index in [2.05, 4.69) is 10.6 Å². The fourth-order valence-corrected chi connectivity index (χ4v) is 3.47. The van der Waals surface area contributed by atoms with Crippen LogP contribution in [0.3, 0.4) is 0 Å². The molecule has 0 spiro atoms. The molecule has 0 radical (unpaired) electrons. The minimum atomic E-state index is -0.636. The molecule has 1 heterocycles. The smallest absolute Gasteiger partial charge is 0.318 e. The monoisotopic (exact) mass is 403 g/mol. The van der Waals surface area contributed by atoms with Gasteiger partial charge in [-0.1, -0.05) is 18.2 Å². The number of amides is 2. The Balaban J connectivity index is 1.68. The van der Waals surface area contributed by atoms with E-state index in [-0.39, 0.29) is 18.6 Å². The zero-order valence-electron chi connectivity index (χ0n) is 16.6. The topological polar surface area (TPSA) is 53.6 Å². The summed E-state index contributed by atoms with van der Waals surface area (Å²) in [5.74, 6) is -0.478. The average molecular weight is 403 g/mol. The van der Waals surface area contributed by atoms with E-state index in [1.54, 1.807) is 4.90 Å². The van der Waals surface area contributed by atoms with Gasteiger partial charge in [-0.25, -0.2) is 13.6 Å². The van der Waals surface area contributed by atoms with Crippen molar-refractivity contribution < 1.29 is 18.3 Å². The molecule has 0 bridgehead atoms. The van der Waals surface area contributed by atoms with E-state index in [9.17, 15) is 13.6 Å². The molecular weight excluding hydrogens is 376 g/mol. The fraction of sp³-hybridized carbons (Fsp3) is 0.409. The van der Waals surface area contributed by atoms with Gasteiger partial charge in [-0.15, -0.1) is 0 Å². The van der Waals surface area contributed by atoms with Gasteiger partial charge in [-0.2, -0.15) is 0 Å². The molecule has 156 valence electrons. The van der Waals surface area contributed by atoms with E-state index in [1.807, 2.05) is 31.2 Å². The third kappa shape index (κ3) is 5.90. The van der Waals surface area contributed by atoms with E-state index >= 15 is 0 Å². The number of urea groups is 1. The number of hydrogen-bond acceptors (Lipinski definition) is 3. The third-order valence-corrected chi connectivity index (χ3v) is 5.04. The van der Waals surface area contributed by atoms with Gasteiger partial charge in [0.05, 0.1) is 13.2 Å². The highest BCUT2D eigenvalue weighted by Crippen LogP contribution is 2.19. The molecule has 2 N–H and O–H groups in total. The van der Waals surface area contributed by atoms with Crippen LogP contribution in [0.1, 0.15) is 30.9 Å². The van der Waals surface area contributed by atoms with Crippen LogP contribution < -0.4 is 15.4 Å². The van der Waals surface area contributed by atoms with Crippen LogP contribution in [-0.4, -0.2) is 36.7 Å². The molecule has 2 aromatic rings. The maximum Gasteiger partial charge on any atom is 0.318 e. The Labute approximate surface area is 170 Å². The number of nitrogens with one attached hydrogen (secondary N) is 2. The van der Waals surface area contributed by atoms with Gasteiger partial charge in [0.25, 0.3) is 0 Å². The number of rotatable bonds is 7. The molecule has 1 fully saturated rings. The van der Waals surface area contributed by atoms with Gasteiger partial charge in [0, 0.05) is 24.2 Å². The Bertz CT molecular complexity index is 808. The maximum atomic E-state index is 14.2. The lowest BCUT2D eigenvalue weighted by Gasteiger charge is -2.35. The van der Waals surface area contributed by atoms with E-state index in [4.69, 9.17) is 4.74 Å². The minimum Gasteiger partial charge on any atom is -0.494 e. The minimum absolute atomic E-state index is 0.000957. The predicted octanol–water partition coefficient (Wildman–Crippen LogP) is 3.83. The van der Waals surface area contributed by atoms with Gasteiger partial charge >= 0.3 is 6.03 Å². The van der Waals surface area contributed by atoms with Gasteiger partial charge in [0.1, 0.15) is 17.4 Å². The van der Waals surface area contributed by atoms with Gasteiger partial charge in [0.2, 0.25) is 0 Å². The zero-order chi connectivity index (χ0) is 20.6. The lowest BCUT2D eigenvalue weighted by Crippen LogP contribution is -2.49. The number of benzene rings is 2. The highest BCUT2D eigenvalue weighted by molar-refractivity contribution is 5.74. The van der Waals surface area contributed by atoms with Crippen LogP contribution in [0.25, 0.3) is 0 Å². The van der Waals surface area contributed by atoms with E-state index in [0.717, 1.165) is 43.3 Å². The first kappa shape index (κ1) is 21.0. The molecular formula is C22H27F2N3O2. The van der Waals surface area contributed by atoms with Gasteiger partial charge in [0.15, 0.2) is 0 Å². The van der Waals surface area contributed by atoms with E-state index in [0.29, 0.717) is 18.7 Å². The van der Waals surface area contributed by atoms with Crippen molar-refractivity contribution in [2.24, 2.45) is 0 Å². The highest BCUT2D eigenvalue weighted by atomic mass is 19.1. The number of carbonyl (C=O) groups excluding carboxylic acids is 1. The maximum absolute atomic E-state index is 14.2. The quantitative estimate of drug-likeness (QED) is 0.739. The summed E-state index contributed by atoms with van der Waals surface area (Å²) in [6, 6.07) is 10.8. The van der Waals surface area contributed by atoms with Crippen LogP contribution in [0.5, 0.6) is 5.75 Å². The molecule has 0 aromatic heterocycles. The molecule has 2 amide bonds. The highest BCUT2D eigenvalue weighted by Gasteiger charge is 2.26. The standard InChI is InChI=1S/C22H27F2N3O2/c1-2-29-20-7-3-16(4-8-20)14-26-22(28)27(19-9-11-25-12-10-19)15-17-5-6-18(23)13-21(17)24/h3-8,13,19,25H,2,9-12,14-15H2,1H3,(H,26,28). The molecule has 1 aliphatic heterocycles. The Morgan fingerprint density at radius 3 is 2.55 bits per heavy atom. The number of nitrogens with zero attached hydrogens (tertiary/aromatic N) is 1. The van der Waals surface area contributed by atoms with E-state index in [1.165, 1.54) is 12.1 Å². The Morgan fingerprint density at radius 2 is 1.90 bits per heavy atom. The van der Waals surface area contributed by atoms with Crippen LogP contribution in [0.2, 0.25) is 0 Å². The van der Waals surface area contributed by atoms with Crippen molar-refractivity contribution in [3.8, 4) is 5.75 Å². The molecule has 1 aliphatic rings. The van der Waals surface area contributed by atoms with Crippen LogP contribution in [0.4, 0.5) is 13.6 Å². The van der Waals surface area contributed by atoms with Gasteiger partial charge in [-0.3, -0.25) is 0 Å². The Morgan fingerprint density at radius 1 is 1.17 bits per heavy atom. The lowest BCUT2D eigenvalue weighted by molar-refractivity contribution is 0.153. The van der Waals surface area contributed by atoms with Gasteiger partial charge in [-0.05, 0) is 56.6 Å². The number of hydrogen-bond donors (Lipinski definition) is 2. The molecule has 0 aliphatic carbocycles. The Kier molecular flexibility index (Phi) is 7.41. The first-order valence-corrected chi connectivity index (χ1v) is 9.97. The molecule has 0 atom stereocenters. The summed E-state index contributed by atoms with van der Waals surface area (Å²) in [6.07, 6.45) is 1.58. The molecule has 5 nitrogen and oxygen atoms in total. The SMILES string of the molecule is CCOc1ccc(CNC(=O)N(Cc2ccc(F)cc2F)C2CCNCC2)cc1. The van der Waals surface area contributed by atoms with Crippen molar-refractivity contribution in [3.63, 3.8) is 0 Å². The summed E-state index contributed by atoms with van der Waals surface area (Å²) >= 11 is 0. The summed E-state index contributed by atoms with van der Waals surface area (Å²) in [7, 11) is 0. The Hall–Kier alpha value is -2.67. The summed E-state index contributed by atoms with van der Waals surface area (Å²) < 4.78 is 32.8. The number of halogens is 2. The molecule has 2 aromatic carbocycles. The third-order valence-electron chi connectivity index (χ3n) is 5.04. The normalized spacial score (nSPS) is 14.4. The number of piperidine rings is 1. The predicted molar refractivity (Wildman–Crippen MR) is 108 cm³/mol. The number of carbonyl (C=O) groups is 1. The summed E-state index contributed by atoms with van der Waals surface area (Å²) in [4.78, 5) is 14.6. The average Bonchev–Trinajstić information content (AvgIpc) is 2.73. The molecule has 0 unspecified atom stereocenters. The fourth-order valence-electron chi connectivity index (χ4n) is 3.47. The van der Waals surface area contributed by atoms with Crippen LogP contribution in [0, 0.1) is 11.6 Å². The van der Waals surface area contributed by atoms with Crippen LogP contribution in [-0.2, 0) is 13.1 Å². The molecule has 7 heteroatoms. The van der Waals surface area contributed by atoms with Crippen molar-refractivity contribution in [2.45, 2.75) is 38.9 Å².